The number of amides is 5. The second-order valence-electron chi connectivity index (χ2n) is 16.4. The van der Waals surface area contributed by atoms with E-state index in [-0.39, 0.29) is 37.2 Å². The van der Waals surface area contributed by atoms with E-state index in [9.17, 15) is 44.1 Å². The first kappa shape index (κ1) is 48.8. The molecule has 5 amide bonds. The number of benzene rings is 3. The van der Waals surface area contributed by atoms with Crippen molar-refractivity contribution in [2.24, 2.45) is 5.92 Å². The van der Waals surface area contributed by atoms with Crippen molar-refractivity contribution in [3.8, 4) is 11.5 Å². The van der Waals surface area contributed by atoms with Crippen molar-refractivity contribution < 1.29 is 55.6 Å². The molecule has 346 valence electrons. The number of aromatic hydroxyl groups is 2. The molecule has 0 aliphatic rings. The normalized spacial score (nSPS) is 14.0. The molecular weight excluding hydrogens is 837 g/mol. The van der Waals surface area contributed by atoms with Crippen LogP contribution in [0.15, 0.2) is 91.5 Å². The third-order valence-electron chi connectivity index (χ3n) is 11.0. The van der Waals surface area contributed by atoms with E-state index in [4.69, 9.17) is 0 Å². The third-order valence-corrected chi connectivity index (χ3v) is 11.0. The number of imidazole rings is 1. The van der Waals surface area contributed by atoms with Gasteiger partial charge in [-0.2, -0.15) is 0 Å². The number of para-hydroxylation sites is 1. The maximum absolute atomic E-state index is 14.5. The summed E-state index contributed by atoms with van der Waals surface area (Å²) in [6.45, 7) is 4.09. The van der Waals surface area contributed by atoms with Crippen molar-refractivity contribution >= 4 is 46.4 Å². The standard InChI is InChI=1S/C46H58N10O9/c1-26(2)40(45(63)54-36(19-27-10-14-31(57)15-11-27)42(60)55-39(46(64)65)20-28-12-16-32(58)17-13-28)56-44(62)37(21-29-23-50-35-9-4-3-7-33(29)35)53-43(61)38(22-30-24-49-25-51-30)52-41(59)34(48)8-5-6-18-47/h3-4,7,9-17,23-26,34,36-40,50,57-58H,5-6,8,18-22,47-48H2,1-2H3,(H,49,51)(H,52,59)(H,53,61)(H,54,63)(H,55,60)(H,56,62)(H,64,65)/p+2/t34-,36-,37-,38-,39-,40-/m0/s1. The number of phenols is 2. The zero-order chi connectivity index (χ0) is 47.0. The molecule has 0 saturated heterocycles. The number of carbonyl (C=O) groups is 6. The van der Waals surface area contributed by atoms with Gasteiger partial charge in [-0.3, -0.25) is 24.0 Å². The smallest absolute Gasteiger partial charge is 0.326 e. The average molecular weight is 897 g/mol. The number of hydrogen-bond acceptors (Lipinski definition) is 9. The fraction of sp³-hybridized carbons (Fsp3) is 0.370. The number of carboxylic acid groups (broad SMARTS) is 1. The number of unbranched alkanes of at least 4 members (excludes halogenated alkanes) is 1. The van der Waals surface area contributed by atoms with Gasteiger partial charge in [-0.15, -0.1) is 0 Å². The molecule has 16 N–H and O–H groups in total. The summed E-state index contributed by atoms with van der Waals surface area (Å²) >= 11 is 0. The van der Waals surface area contributed by atoms with Crippen LogP contribution in [0.2, 0.25) is 0 Å². The van der Waals surface area contributed by atoms with E-state index in [1.54, 1.807) is 32.2 Å². The number of H-pyrrole nitrogens is 2. The highest BCUT2D eigenvalue weighted by atomic mass is 16.4. The number of hydrogen-bond donors (Lipinski definition) is 12. The van der Waals surface area contributed by atoms with Crippen LogP contribution in [0.25, 0.3) is 10.9 Å². The number of nitrogens with zero attached hydrogens (tertiary/aromatic N) is 1. The van der Waals surface area contributed by atoms with Crippen LogP contribution in [-0.2, 0) is 54.5 Å². The van der Waals surface area contributed by atoms with Crippen molar-refractivity contribution in [1.29, 1.82) is 0 Å². The molecule has 5 rings (SSSR count). The molecule has 0 fully saturated rings. The van der Waals surface area contributed by atoms with E-state index in [1.165, 1.54) is 48.9 Å². The Morgan fingerprint density at radius 2 is 1.18 bits per heavy atom. The molecule has 65 heavy (non-hydrogen) atoms. The minimum absolute atomic E-state index is 0.0166. The van der Waals surface area contributed by atoms with Gasteiger partial charge >= 0.3 is 5.97 Å². The second kappa shape index (κ2) is 23.4. The van der Waals surface area contributed by atoms with Gasteiger partial charge in [-0.1, -0.05) is 56.3 Å². The molecule has 3 aromatic carbocycles. The Labute approximate surface area is 375 Å². The number of nitrogens with one attached hydrogen (secondary N) is 7. The van der Waals surface area contributed by atoms with Gasteiger partial charge in [0.25, 0.3) is 5.91 Å². The lowest BCUT2D eigenvalue weighted by Crippen LogP contribution is -2.69. The summed E-state index contributed by atoms with van der Waals surface area (Å²) in [6, 6.07) is 12.1. The predicted molar refractivity (Wildman–Crippen MR) is 238 cm³/mol. The van der Waals surface area contributed by atoms with Crippen molar-refractivity contribution in [3.05, 3.63) is 114 Å². The summed E-state index contributed by atoms with van der Waals surface area (Å²) in [7, 11) is 0. The van der Waals surface area contributed by atoms with Gasteiger partial charge < -0.3 is 63.3 Å². The van der Waals surface area contributed by atoms with Crippen LogP contribution < -0.4 is 38.1 Å². The Balaban J connectivity index is 1.40. The Bertz CT molecular complexity index is 2370. The number of rotatable bonds is 24. The highest BCUT2D eigenvalue weighted by Gasteiger charge is 2.35. The van der Waals surface area contributed by atoms with Gasteiger partial charge in [0, 0.05) is 61.1 Å². The summed E-state index contributed by atoms with van der Waals surface area (Å²) < 4.78 is 0. The van der Waals surface area contributed by atoms with Crippen LogP contribution in [0.3, 0.4) is 0 Å². The zero-order valence-corrected chi connectivity index (χ0v) is 36.5. The van der Waals surface area contributed by atoms with Crippen LogP contribution in [0.1, 0.15) is 55.5 Å². The maximum Gasteiger partial charge on any atom is 0.326 e. The molecular formula is C46H60N10O9+2. The fourth-order valence-electron chi connectivity index (χ4n) is 7.28. The van der Waals surface area contributed by atoms with Gasteiger partial charge in [0.15, 0.2) is 6.04 Å². The second-order valence-corrected chi connectivity index (χ2v) is 16.4. The Morgan fingerprint density at radius 3 is 1.77 bits per heavy atom. The van der Waals surface area contributed by atoms with Gasteiger partial charge in [0.2, 0.25) is 23.6 Å². The minimum atomic E-state index is -1.42. The number of aliphatic carboxylic acids is 1. The number of phenolic OH excluding ortho intramolecular Hbond substituents is 2. The maximum atomic E-state index is 14.5. The van der Waals surface area contributed by atoms with Crippen LogP contribution in [0.4, 0.5) is 0 Å². The summed E-state index contributed by atoms with van der Waals surface area (Å²) in [5.74, 6) is -5.38. The average Bonchev–Trinajstić information content (AvgIpc) is 3.95. The molecule has 19 heteroatoms. The number of quaternary nitrogens is 2. The summed E-state index contributed by atoms with van der Waals surface area (Å²) in [6.07, 6.45) is 6.48. The number of carboxylic acids is 1. The van der Waals surface area contributed by atoms with E-state index < -0.39 is 77.7 Å². The van der Waals surface area contributed by atoms with E-state index in [1.807, 2.05) is 24.3 Å². The zero-order valence-electron chi connectivity index (χ0n) is 36.5. The summed E-state index contributed by atoms with van der Waals surface area (Å²) in [4.78, 5) is 92.9. The van der Waals surface area contributed by atoms with E-state index in [2.05, 4.69) is 53.0 Å². The quantitative estimate of drug-likeness (QED) is 0.0361. The predicted octanol–water partition coefficient (Wildman–Crippen LogP) is -0.240. The molecule has 0 saturated carbocycles. The lowest BCUT2D eigenvalue weighted by molar-refractivity contribution is -0.406. The largest absolute Gasteiger partial charge is 0.508 e. The number of aromatic nitrogens is 3. The molecule has 0 unspecified atom stereocenters. The minimum Gasteiger partial charge on any atom is -0.508 e. The van der Waals surface area contributed by atoms with Crippen LogP contribution in [0, 0.1) is 5.92 Å². The van der Waals surface area contributed by atoms with Gasteiger partial charge in [0.05, 0.1) is 12.9 Å². The van der Waals surface area contributed by atoms with Gasteiger partial charge in [0.1, 0.15) is 41.7 Å². The third kappa shape index (κ3) is 14.4. The Kier molecular flexibility index (Phi) is 17.6. The van der Waals surface area contributed by atoms with Crippen LogP contribution >= 0.6 is 0 Å². The molecule has 0 bridgehead atoms. The topological polar surface area (TPSA) is 323 Å². The number of fused-ring (bicyclic) bond motifs is 1. The monoisotopic (exact) mass is 896 g/mol. The molecule has 0 aliphatic carbocycles. The summed E-state index contributed by atoms with van der Waals surface area (Å²) in [5.41, 5.74) is 10.9. The summed E-state index contributed by atoms with van der Waals surface area (Å²) in [5, 5.41) is 44.1. The molecule has 5 aromatic rings. The first-order valence-electron chi connectivity index (χ1n) is 21.6. The van der Waals surface area contributed by atoms with Crippen LogP contribution in [0.5, 0.6) is 11.5 Å². The molecule has 2 heterocycles. The van der Waals surface area contributed by atoms with Gasteiger partial charge in [-0.05, 0) is 65.8 Å². The van der Waals surface area contributed by atoms with E-state index >= 15 is 0 Å². The Morgan fingerprint density at radius 1 is 0.646 bits per heavy atom. The van der Waals surface area contributed by atoms with E-state index in [0.29, 0.717) is 35.3 Å². The molecule has 19 nitrogen and oxygen atoms in total. The fourth-order valence-corrected chi connectivity index (χ4v) is 7.28. The lowest BCUT2D eigenvalue weighted by Gasteiger charge is -2.28. The van der Waals surface area contributed by atoms with Crippen molar-refractivity contribution in [3.63, 3.8) is 0 Å². The molecule has 0 aliphatic heterocycles. The molecule has 2 aromatic heterocycles. The SMILES string of the molecule is CC(C)[C@H](NC(=O)[C@H](Cc1c[nH]c2ccccc12)NC(=O)[C@H](Cc1cnc[nH]1)NC(=O)[C@@H]([NH3+])CCCC[NH3+])C(=O)N[C@@H](Cc1ccc(O)cc1)C(=O)N[C@@H](Cc1ccc(O)cc1)C(=O)O. The number of aromatic amines is 2. The molecule has 0 radical (unpaired) electrons. The van der Waals surface area contributed by atoms with Crippen molar-refractivity contribution in [2.45, 2.75) is 95.0 Å². The first-order chi connectivity index (χ1) is 31.1. The highest BCUT2D eigenvalue weighted by molar-refractivity contribution is 5.97. The first-order valence-corrected chi connectivity index (χ1v) is 21.6. The molecule has 6 atom stereocenters. The lowest BCUT2D eigenvalue weighted by atomic mass is 9.98. The van der Waals surface area contributed by atoms with Crippen molar-refractivity contribution in [1.82, 2.24) is 41.5 Å². The Hall–Kier alpha value is -7.25. The van der Waals surface area contributed by atoms with E-state index in [0.717, 1.165) is 23.7 Å². The molecule has 0 spiro atoms. The van der Waals surface area contributed by atoms with Gasteiger partial charge in [-0.25, -0.2) is 9.78 Å². The highest BCUT2D eigenvalue weighted by Crippen LogP contribution is 2.20. The van der Waals surface area contributed by atoms with Crippen molar-refractivity contribution in [2.75, 3.05) is 6.54 Å². The number of carbonyl (C=O) groups excluding carboxylic acids is 5. The van der Waals surface area contributed by atoms with Crippen LogP contribution in [-0.4, -0.2) is 109 Å².